The lowest BCUT2D eigenvalue weighted by Gasteiger charge is -2.21. The predicted molar refractivity (Wildman–Crippen MR) is 60.8 cm³/mol. The summed E-state index contributed by atoms with van der Waals surface area (Å²) in [5.74, 6) is 0.580. The van der Waals surface area contributed by atoms with Gasteiger partial charge in [-0.1, -0.05) is 0 Å². The van der Waals surface area contributed by atoms with Gasteiger partial charge in [-0.3, -0.25) is 10.1 Å². The molecule has 6 nitrogen and oxygen atoms in total. The molecule has 1 fully saturated rings. The van der Waals surface area contributed by atoms with E-state index in [0.717, 1.165) is 43.9 Å². The standard InChI is InChI=1S/C9H13N3O3S/c13-12(14)8-6-11-9(16-8)10-5-7-1-3-15-4-2-7/h6-7H,1-5H2,(H,10,11). The van der Waals surface area contributed by atoms with Gasteiger partial charge in [0.05, 0.1) is 4.92 Å². The first kappa shape index (κ1) is 11.3. The number of anilines is 1. The van der Waals surface area contributed by atoms with Gasteiger partial charge in [0.2, 0.25) is 0 Å². The molecule has 1 aliphatic heterocycles. The Morgan fingerprint density at radius 3 is 3.00 bits per heavy atom. The molecule has 1 aromatic rings. The summed E-state index contributed by atoms with van der Waals surface area (Å²) in [6, 6.07) is 0. The maximum Gasteiger partial charge on any atom is 0.345 e. The molecule has 0 saturated carbocycles. The quantitative estimate of drug-likeness (QED) is 0.645. The van der Waals surface area contributed by atoms with Gasteiger partial charge in [-0.15, -0.1) is 0 Å². The van der Waals surface area contributed by atoms with Gasteiger partial charge in [-0.25, -0.2) is 4.98 Å². The van der Waals surface area contributed by atoms with Gasteiger partial charge >= 0.3 is 5.00 Å². The van der Waals surface area contributed by atoms with Crippen LogP contribution < -0.4 is 5.32 Å². The minimum atomic E-state index is -0.419. The third-order valence-electron chi connectivity index (χ3n) is 2.56. The van der Waals surface area contributed by atoms with Gasteiger partial charge in [0.1, 0.15) is 6.20 Å². The van der Waals surface area contributed by atoms with Crippen LogP contribution in [-0.2, 0) is 4.74 Å². The highest BCUT2D eigenvalue weighted by atomic mass is 32.1. The topological polar surface area (TPSA) is 77.3 Å². The van der Waals surface area contributed by atoms with Crippen LogP contribution >= 0.6 is 11.3 Å². The SMILES string of the molecule is O=[N+]([O-])c1cnc(NCC2CCOCC2)s1. The smallest absolute Gasteiger partial charge is 0.345 e. The van der Waals surface area contributed by atoms with E-state index in [4.69, 9.17) is 4.74 Å². The maximum atomic E-state index is 10.5. The number of nitro groups is 1. The Balaban J connectivity index is 1.81. The molecule has 2 heterocycles. The van der Waals surface area contributed by atoms with Crippen molar-refractivity contribution >= 4 is 21.5 Å². The highest BCUT2D eigenvalue weighted by Gasteiger charge is 2.15. The van der Waals surface area contributed by atoms with Gasteiger partial charge in [0.15, 0.2) is 5.13 Å². The van der Waals surface area contributed by atoms with Gasteiger partial charge in [0, 0.05) is 19.8 Å². The number of aromatic nitrogens is 1. The Kier molecular flexibility index (Phi) is 3.68. The normalized spacial score (nSPS) is 17.2. The predicted octanol–water partition coefficient (Wildman–Crippen LogP) is 1.89. The van der Waals surface area contributed by atoms with Crippen molar-refractivity contribution in [3.05, 3.63) is 16.3 Å². The fourth-order valence-corrected chi connectivity index (χ4v) is 2.25. The van der Waals surface area contributed by atoms with Crippen LogP contribution in [0.3, 0.4) is 0 Å². The Morgan fingerprint density at radius 1 is 1.62 bits per heavy atom. The van der Waals surface area contributed by atoms with Crippen molar-refractivity contribution in [1.82, 2.24) is 4.98 Å². The molecule has 0 bridgehead atoms. The third-order valence-corrected chi connectivity index (χ3v) is 3.46. The van der Waals surface area contributed by atoms with Gasteiger partial charge in [-0.2, -0.15) is 0 Å². The lowest BCUT2D eigenvalue weighted by atomic mass is 10.0. The molecule has 0 amide bonds. The molecular weight excluding hydrogens is 230 g/mol. The van der Waals surface area contributed by atoms with E-state index in [1.54, 1.807) is 0 Å². The first-order valence-corrected chi connectivity index (χ1v) is 5.99. The van der Waals surface area contributed by atoms with Crippen molar-refractivity contribution in [2.24, 2.45) is 5.92 Å². The minimum absolute atomic E-state index is 0.0782. The van der Waals surface area contributed by atoms with Crippen molar-refractivity contribution in [3.63, 3.8) is 0 Å². The zero-order valence-electron chi connectivity index (χ0n) is 8.72. The summed E-state index contributed by atoms with van der Waals surface area (Å²) in [6.45, 7) is 2.43. The van der Waals surface area contributed by atoms with Crippen LogP contribution in [0.2, 0.25) is 0 Å². The second-order valence-electron chi connectivity index (χ2n) is 3.70. The molecule has 0 spiro atoms. The van der Waals surface area contributed by atoms with E-state index in [0.29, 0.717) is 11.0 Å². The monoisotopic (exact) mass is 243 g/mol. The molecule has 1 aliphatic rings. The van der Waals surface area contributed by atoms with Crippen LogP contribution in [0.15, 0.2) is 6.20 Å². The van der Waals surface area contributed by atoms with Crippen molar-refractivity contribution < 1.29 is 9.66 Å². The Morgan fingerprint density at radius 2 is 2.38 bits per heavy atom. The molecular formula is C9H13N3O3S. The van der Waals surface area contributed by atoms with Crippen LogP contribution in [0.1, 0.15) is 12.8 Å². The number of hydrogen-bond donors (Lipinski definition) is 1. The summed E-state index contributed by atoms with van der Waals surface area (Å²) in [5.41, 5.74) is 0. The first-order valence-electron chi connectivity index (χ1n) is 5.17. The van der Waals surface area contributed by atoms with E-state index in [1.807, 2.05) is 0 Å². The molecule has 2 rings (SSSR count). The molecule has 0 atom stereocenters. The van der Waals surface area contributed by atoms with E-state index in [-0.39, 0.29) is 5.00 Å². The molecule has 1 aromatic heterocycles. The van der Waals surface area contributed by atoms with Crippen LogP contribution in [0.25, 0.3) is 0 Å². The number of thiazole rings is 1. The first-order chi connectivity index (χ1) is 7.75. The summed E-state index contributed by atoms with van der Waals surface area (Å²) in [7, 11) is 0. The molecule has 88 valence electrons. The fourth-order valence-electron chi connectivity index (χ4n) is 1.61. The summed E-state index contributed by atoms with van der Waals surface area (Å²) < 4.78 is 5.26. The zero-order valence-corrected chi connectivity index (χ0v) is 9.53. The second kappa shape index (κ2) is 5.22. The second-order valence-corrected chi connectivity index (χ2v) is 4.71. The zero-order chi connectivity index (χ0) is 11.4. The molecule has 0 radical (unpaired) electrons. The average molecular weight is 243 g/mol. The van der Waals surface area contributed by atoms with E-state index in [2.05, 4.69) is 10.3 Å². The van der Waals surface area contributed by atoms with Crippen LogP contribution in [0, 0.1) is 16.0 Å². The number of hydrogen-bond acceptors (Lipinski definition) is 6. The minimum Gasteiger partial charge on any atom is -0.381 e. The number of nitrogens with one attached hydrogen (secondary N) is 1. The van der Waals surface area contributed by atoms with Crippen molar-refractivity contribution in [1.29, 1.82) is 0 Å². The van der Waals surface area contributed by atoms with Crippen LogP contribution in [-0.4, -0.2) is 29.7 Å². The average Bonchev–Trinajstić information content (AvgIpc) is 2.76. The summed E-state index contributed by atoms with van der Waals surface area (Å²) in [6.07, 6.45) is 3.37. The van der Waals surface area contributed by atoms with E-state index in [1.165, 1.54) is 6.20 Å². The molecule has 1 saturated heterocycles. The summed E-state index contributed by atoms with van der Waals surface area (Å²) in [5, 5.41) is 14.3. The lowest BCUT2D eigenvalue weighted by molar-refractivity contribution is -0.380. The Hall–Kier alpha value is -1.21. The van der Waals surface area contributed by atoms with E-state index in [9.17, 15) is 10.1 Å². The Bertz CT molecular complexity index is 363. The number of nitrogens with zero attached hydrogens (tertiary/aromatic N) is 2. The van der Waals surface area contributed by atoms with Crippen molar-refractivity contribution in [2.75, 3.05) is 25.1 Å². The van der Waals surface area contributed by atoms with Crippen molar-refractivity contribution in [3.8, 4) is 0 Å². The highest BCUT2D eigenvalue weighted by Crippen LogP contribution is 2.25. The molecule has 0 aliphatic carbocycles. The van der Waals surface area contributed by atoms with Crippen LogP contribution in [0.4, 0.5) is 10.1 Å². The molecule has 16 heavy (non-hydrogen) atoms. The summed E-state index contributed by atoms with van der Waals surface area (Å²) in [4.78, 5) is 14.0. The lowest BCUT2D eigenvalue weighted by Crippen LogP contribution is -2.22. The molecule has 7 heteroatoms. The largest absolute Gasteiger partial charge is 0.381 e. The Labute approximate surface area is 96.8 Å². The van der Waals surface area contributed by atoms with Crippen molar-refractivity contribution in [2.45, 2.75) is 12.8 Å². The van der Waals surface area contributed by atoms with E-state index < -0.39 is 4.92 Å². The highest BCUT2D eigenvalue weighted by molar-refractivity contribution is 7.18. The van der Waals surface area contributed by atoms with Gasteiger partial charge in [0.25, 0.3) is 0 Å². The third kappa shape index (κ3) is 2.89. The molecule has 0 aromatic carbocycles. The van der Waals surface area contributed by atoms with E-state index >= 15 is 0 Å². The number of ether oxygens (including phenoxy) is 1. The number of rotatable bonds is 4. The van der Waals surface area contributed by atoms with Gasteiger partial charge < -0.3 is 10.1 Å². The fraction of sp³-hybridized carbons (Fsp3) is 0.667. The van der Waals surface area contributed by atoms with Gasteiger partial charge in [-0.05, 0) is 30.1 Å². The molecule has 0 unspecified atom stereocenters. The summed E-state index contributed by atoms with van der Waals surface area (Å²) >= 11 is 1.08. The maximum absolute atomic E-state index is 10.5. The molecule has 1 N–H and O–H groups in total. The van der Waals surface area contributed by atoms with Crippen LogP contribution in [0.5, 0.6) is 0 Å².